The van der Waals surface area contributed by atoms with Crippen LogP contribution in [0.2, 0.25) is 0 Å². The van der Waals surface area contributed by atoms with Crippen LogP contribution in [0.5, 0.6) is 5.75 Å². The zero-order valence-electron chi connectivity index (χ0n) is 12.5. The molecule has 2 aliphatic rings. The van der Waals surface area contributed by atoms with Gasteiger partial charge in [-0.1, -0.05) is 12.1 Å². The van der Waals surface area contributed by atoms with E-state index in [1.54, 1.807) is 7.11 Å². The van der Waals surface area contributed by atoms with Crippen molar-refractivity contribution >= 4 is 0 Å². The molecule has 0 radical (unpaired) electrons. The minimum absolute atomic E-state index is 0.840. The van der Waals surface area contributed by atoms with E-state index in [-0.39, 0.29) is 0 Å². The van der Waals surface area contributed by atoms with Crippen LogP contribution in [0.4, 0.5) is 0 Å². The first-order chi connectivity index (χ1) is 9.85. The summed E-state index contributed by atoms with van der Waals surface area (Å²) in [6.45, 7) is 4.77. The number of piperidine rings is 1. The Morgan fingerprint density at radius 1 is 1.10 bits per heavy atom. The Labute approximate surface area is 122 Å². The molecule has 20 heavy (non-hydrogen) atoms. The Hall–Kier alpha value is -1.06. The lowest BCUT2D eigenvalue weighted by molar-refractivity contribution is 0.190. The average Bonchev–Trinajstić information content (AvgIpc) is 3.33. The van der Waals surface area contributed by atoms with E-state index in [4.69, 9.17) is 4.74 Å². The molecule has 0 atom stereocenters. The monoisotopic (exact) mass is 274 g/mol. The topological polar surface area (TPSA) is 24.5 Å². The molecule has 3 nitrogen and oxygen atoms in total. The van der Waals surface area contributed by atoms with Crippen molar-refractivity contribution in [3.8, 4) is 5.75 Å². The fraction of sp³-hybridized carbons (Fsp3) is 0.647. The van der Waals surface area contributed by atoms with Crippen LogP contribution < -0.4 is 10.1 Å². The third-order valence-electron chi connectivity index (χ3n) is 4.56. The molecule has 1 saturated carbocycles. The Balaban J connectivity index is 1.58. The van der Waals surface area contributed by atoms with Crippen molar-refractivity contribution < 1.29 is 4.74 Å². The molecule has 3 heteroatoms. The van der Waals surface area contributed by atoms with E-state index >= 15 is 0 Å². The van der Waals surface area contributed by atoms with Crippen molar-refractivity contribution in [2.45, 2.75) is 38.3 Å². The summed E-state index contributed by atoms with van der Waals surface area (Å²) in [4.78, 5) is 2.71. The van der Waals surface area contributed by atoms with Gasteiger partial charge in [0, 0.05) is 19.1 Å². The third kappa shape index (κ3) is 3.74. The largest absolute Gasteiger partial charge is 0.497 e. The Morgan fingerprint density at radius 3 is 2.40 bits per heavy atom. The predicted molar refractivity (Wildman–Crippen MR) is 82.0 cm³/mol. The van der Waals surface area contributed by atoms with E-state index in [1.807, 2.05) is 0 Å². The van der Waals surface area contributed by atoms with Gasteiger partial charge in [0.15, 0.2) is 0 Å². The maximum absolute atomic E-state index is 5.23. The summed E-state index contributed by atoms with van der Waals surface area (Å²) in [5.41, 5.74) is 1.41. The van der Waals surface area contributed by atoms with Crippen LogP contribution in [0.25, 0.3) is 0 Å². The summed E-state index contributed by atoms with van der Waals surface area (Å²) in [5, 5.41) is 3.46. The lowest BCUT2D eigenvalue weighted by atomic mass is 9.97. The van der Waals surface area contributed by atoms with Crippen LogP contribution in [0.1, 0.15) is 31.2 Å². The number of rotatable bonds is 6. The summed E-state index contributed by atoms with van der Waals surface area (Å²) in [5.74, 6) is 1.83. The molecule has 1 N–H and O–H groups in total. The van der Waals surface area contributed by atoms with Crippen molar-refractivity contribution in [2.75, 3.05) is 26.7 Å². The number of ether oxygens (including phenoxy) is 1. The molecule has 1 heterocycles. The molecule has 1 aromatic rings. The van der Waals surface area contributed by atoms with Crippen LogP contribution in [0.3, 0.4) is 0 Å². The van der Waals surface area contributed by atoms with E-state index in [1.165, 1.54) is 50.9 Å². The first-order valence-corrected chi connectivity index (χ1v) is 7.93. The number of nitrogens with zero attached hydrogens (tertiary/aromatic N) is 1. The molecular formula is C17H26N2O. The molecule has 1 aliphatic heterocycles. The number of benzene rings is 1. The summed E-state index contributed by atoms with van der Waals surface area (Å²) in [6, 6.07) is 9.40. The van der Waals surface area contributed by atoms with E-state index in [0.29, 0.717) is 0 Å². The second kappa shape index (κ2) is 6.59. The average molecular weight is 274 g/mol. The van der Waals surface area contributed by atoms with Crippen LogP contribution >= 0.6 is 0 Å². The van der Waals surface area contributed by atoms with Crippen molar-refractivity contribution in [2.24, 2.45) is 5.92 Å². The molecule has 0 bridgehead atoms. The highest BCUT2D eigenvalue weighted by Gasteiger charge is 2.30. The van der Waals surface area contributed by atoms with Gasteiger partial charge >= 0.3 is 0 Å². The van der Waals surface area contributed by atoms with Crippen molar-refractivity contribution in [1.29, 1.82) is 0 Å². The van der Waals surface area contributed by atoms with Crippen LogP contribution in [-0.4, -0.2) is 37.7 Å². The summed E-state index contributed by atoms with van der Waals surface area (Å²) < 4.78 is 5.23. The van der Waals surface area contributed by atoms with Gasteiger partial charge in [-0.05, 0) is 62.4 Å². The van der Waals surface area contributed by atoms with E-state index in [2.05, 4.69) is 34.5 Å². The highest BCUT2D eigenvalue weighted by Crippen LogP contribution is 2.30. The molecule has 110 valence electrons. The molecule has 0 amide bonds. The molecule has 3 rings (SSSR count). The standard InChI is InChI=1S/C17H26N2O/c1-20-17-6-2-14(3-7-17)12-19(16-4-5-16)13-15-8-10-18-11-9-15/h2-3,6-7,15-16,18H,4-5,8-13H2,1H3. The van der Waals surface area contributed by atoms with Gasteiger partial charge in [-0.3, -0.25) is 4.90 Å². The number of methoxy groups -OCH3 is 1. The Kier molecular flexibility index (Phi) is 4.58. The van der Waals surface area contributed by atoms with Crippen molar-refractivity contribution in [3.63, 3.8) is 0 Å². The minimum Gasteiger partial charge on any atom is -0.497 e. The lowest BCUT2D eigenvalue weighted by Crippen LogP contribution is -2.37. The maximum atomic E-state index is 5.23. The first kappa shape index (κ1) is 13.9. The quantitative estimate of drug-likeness (QED) is 0.863. The lowest BCUT2D eigenvalue weighted by Gasteiger charge is -2.30. The van der Waals surface area contributed by atoms with Gasteiger partial charge in [0.05, 0.1) is 7.11 Å². The maximum Gasteiger partial charge on any atom is 0.118 e. The van der Waals surface area contributed by atoms with Gasteiger partial charge in [0.25, 0.3) is 0 Å². The number of nitrogens with one attached hydrogen (secondary N) is 1. The number of hydrogen-bond acceptors (Lipinski definition) is 3. The molecular weight excluding hydrogens is 248 g/mol. The van der Waals surface area contributed by atoms with Gasteiger partial charge in [-0.15, -0.1) is 0 Å². The van der Waals surface area contributed by atoms with E-state index in [9.17, 15) is 0 Å². The van der Waals surface area contributed by atoms with Crippen LogP contribution in [-0.2, 0) is 6.54 Å². The van der Waals surface area contributed by atoms with Crippen molar-refractivity contribution in [1.82, 2.24) is 10.2 Å². The molecule has 0 aromatic heterocycles. The van der Waals surface area contributed by atoms with Gasteiger partial charge < -0.3 is 10.1 Å². The fourth-order valence-corrected chi connectivity index (χ4v) is 3.14. The van der Waals surface area contributed by atoms with Crippen molar-refractivity contribution in [3.05, 3.63) is 29.8 Å². The summed E-state index contributed by atoms with van der Waals surface area (Å²) >= 11 is 0. The van der Waals surface area contributed by atoms with Crippen LogP contribution in [0, 0.1) is 5.92 Å². The van der Waals surface area contributed by atoms with E-state index in [0.717, 1.165) is 24.3 Å². The Bertz CT molecular complexity index is 408. The van der Waals surface area contributed by atoms with Gasteiger partial charge in [-0.25, -0.2) is 0 Å². The molecule has 0 spiro atoms. The highest BCUT2D eigenvalue weighted by molar-refractivity contribution is 5.27. The van der Waals surface area contributed by atoms with Crippen LogP contribution in [0.15, 0.2) is 24.3 Å². The van der Waals surface area contributed by atoms with Gasteiger partial charge in [0.1, 0.15) is 5.75 Å². The second-order valence-electron chi connectivity index (χ2n) is 6.20. The molecule has 1 aliphatic carbocycles. The fourth-order valence-electron chi connectivity index (χ4n) is 3.14. The zero-order valence-corrected chi connectivity index (χ0v) is 12.5. The number of hydrogen-bond donors (Lipinski definition) is 1. The first-order valence-electron chi connectivity index (χ1n) is 7.93. The van der Waals surface area contributed by atoms with Gasteiger partial charge in [0.2, 0.25) is 0 Å². The molecule has 1 saturated heterocycles. The second-order valence-corrected chi connectivity index (χ2v) is 6.20. The SMILES string of the molecule is COc1ccc(CN(CC2CCNCC2)C2CC2)cc1. The highest BCUT2D eigenvalue weighted by atomic mass is 16.5. The van der Waals surface area contributed by atoms with E-state index < -0.39 is 0 Å². The summed E-state index contributed by atoms with van der Waals surface area (Å²) in [6.07, 6.45) is 5.46. The molecule has 0 unspecified atom stereocenters. The zero-order chi connectivity index (χ0) is 13.8. The minimum atomic E-state index is 0.840. The van der Waals surface area contributed by atoms with Gasteiger partial charge in [-0.2, -0.15) is 0 Å². The normalized spacial score (nSPS) is 20.3. The molecule has 1 aromatic carbocycles. The smallest absolute Gasteiger partial charge is 0.118 e. The third-order valence-corrected chi connectivity index (χ3v) is 4.56. The predicted octanol–water partition coefficient (Wildman–Crippen LogP) is 2.66. The Morgan fingerprint density at radius 2 is 1.80 bits per heavy atom. The summed E-state index contributed by atoms with van der Waals surface area (Å²) in [7, 11) is 1.72. The molecule has 2 fully saturated rings.